The fourth-order valence-corrected chi connectivity index (χ4v) is 4.94. The number of nitrogens with two attached hydrogens (primary N) is 1. The van der Waals surface area contributed by atoms with Crippen LogP contribution in [0.1, 0.15) is 28.8 Å². The van der Waals surface area contributed by atoms with E-state index >= 15 is 0 Å². The molecule has 1 fully saturated rings. The number of carbonyl (C=O) groups is 2. The first-order valence-corrected chi connectivity index (χ1v) is 10.5. The Labute approximate surface area is 164 Å². The minimum atomic E-state index is -3.85. The highest BCUT2D eigenvalue weighted by Gasteiger charge is 2.33. The van der Waals surface area contributed by atoms with E-state index in [2.05, 4.69) is 5.32 Å². The molecule has 8 heteroatoms. The number of hydrogen-bond donors (Lipinski definition) is 2. The van der Waals surface area contributed by atoms with Crippen LogP contribution in [-0.4, -0.2) is 37.6 Å². The topological polar surface area (TPSA) is 110 Å². The molecule has 1 aliphatic heterocycles. The highest BCUT2D eigenvalue weighted by Crippen LogP contribution is 2.26. The number of primary amides is 1. The largest absolute Gasteiger partial charge is 0.366 e. The van der Waals surface area contributed by atoms with E-state index < -0.39 is 15.9 Å². The van der Waals surface area contributed by atoms with Crippen molar-refractivity contribution in [3.8, 4) is 0 Å². The molecule has 0 spiro atoms. The molecule has 148 valence electrons. The van der Waals surface area contributed by atoms with E-state index in [4.69, 9.17) is 5.73 Å². The minimum absolute atomic E-state index is 0.0262. The van der Waals surface area contributed by atoms with Gasteiger partial charge in [-0.3, -0.25) is 9.59 Å². The maximum Gasteiger partial charge on any atom is 0.250 e. The standard InChI is InChI=1S/C20H23N3O4S/c1-14-6-8-16(9-7-14)22-20(25)15-10-12-23(13-11-15)28(26,27)18-5-3-2-4-17(18)19(21)24/h2-9,15H,10-13H2,1H3,(H2,21,24)(H,22,25). The lowest BCUT2D eigenvalue weighted by atomic mass is 9.97. The molecule has 1 heterocycles. The summed E-state index contributed by atoms with van der Waals surface area (Å²) in [6.45, 7) is 2.39. The third-order valence-electron chi connectivity index (χ3n) is 4.91. The van der Waals surface area contributed by atoms with Crippen molar-refractivity contribution in [2.45, 2.75) is 24.7 Å². The zero-order valence-electron chi connectivity index (χ0n) is 15.6. The SMILES string of the molecule is Cc1ccc(NC(=O)C2CCN(S(=O)(=O)c3ccccc3C(N)=O)CC2)cc1. The molecule has 3 rings (SSSR count). The van der Waals surface area contributed by atoms with Crippen molar-refractivity contribution in [3.05, 3.63) is 59.7 Å². The normalized spacial score (nSPS) is 15.9. The Balaban J connectivity index is 1.67. The van der Waals surface area contributed by atoms with Gasteiger partial charge in [-0.05, 0) is 44.0 Å². The van der Waals surface area contributed by atoms with Gasteiger partial charge in [-0.15, -0.1) is 0 Å². The second-order valence-corrected chi connectivity index (χ2v) is 8.80. The number of amides is 2. The van der Waals surface area contributed by atoms with Gasteiger partial charge in [0.2, 0.25) is 21.8 Å². The van der Waals surface area contributed by atoms with E-state index in [1.807, 2.05) is 31.2 Å². The summed E-state index contributed by atoms with van der Waals surface area (Å²) in [5.41, 5.74) is 7.11. The molecule has 0 saturated carbocycles. The Kier molecular flexibility index (Phi) is 5.81. The summed E-state index contributed by atoms with van der Waals surface area (Å²) < 4.78 is 27.2. The van der Waals surface area contributed by atoms with E-state index in [0.29, 0.717) is 12.8 Å². The number of rotatable bonds is 5. The second kappa shape index (κ2) is 8.12. The smallest absolute Gasteiger partial charge is 0.250 e. The van der Waals surface area contributed by atoms with Crippen LogP contribution >= 0.6 is 0 Å². The first-order valence-electron chi connectivity index (χ1n) is 9.05. The zero-order valence-corrected chi connectivity index (χ0v) is 16.4. The van der Waals surface area contributed by atoms with Crippen LogP contribution in [0.2, 0.25) is 0 Å². The maximum absolute atomic E-state index is 12.9. The molecule has 1 saturated heterocycles. The van der Waals surface area contributed by atoms with Crippen LogP contribution in [0, 0.1) is 12.8 Å². The van der Waals surface area contributed by atoms with Gasteiger partial charge in [-0.1, -0.05) is 29.8 Å². The summed E-state index contributed by atoms with van der Waals surface area (Å²) >= 11 is 0. The third-order valence-corrected chi connectivity index (χ3v) is 6.87. The Hall–Kier alpha value is -2.71. The highest BCUT2D eigenvalue weighted by molar-refractivity contribution is 7.89. The van der Waals surface area contributed by atoms with Crippen molar-refractivity contribution in [2.24, 2.45) is 11.7 Å². The lowest BCUT2D eigenvalue weighted by molar-refractivity contribution is -0.120. The predicted octanol–water partition coefficient (Wildman–Crippen LogP) is 2.13. The van der Waals surface area contributed by atoms with Crippen molar-refractivity contribution >= 4 is 27.5 Å². The molecular formula is C20H23N3O4S. The number of aryl methyl sites for hydroxylation is 1. The van der Waals surface area contributed by atoms with Crippen LogP contribution in [0.25, 0.3) is 0 Å². The Morgan fingerprint density at radius 1 is 1.04 bits per heavy atom. The van der Waals surface area contributed by atoms with E-state index in [0.717, 1.165) is 11.3 Å². The molecule has 0 aliphatic carbocycles. The summed E-state index contributed by atoms with van der Waals surface area (Å²) in [5.74, 6) is -1.16. The molecular weight excluding hydrogens is 378 g/mol. The van der Waals surface area contributed by atoms with Gasteiger partial charge in [0, 0.05) is 24.7 Å². The molecule has 7 nitrogen and oxygen atoms in total. The van der Waals surface area contributed by atoms with Gasteiger partial charge in [0.15, 0.2) is 0 Å². The predicted molar refractivity (Wildman–Crippen MR) is 106 cm³/mol. The molecule has 0 aromatic heterocycles. The summed E-state index contributed by atoms with van der Waals surface area (Å²) in [7, 11) is -3.85. The Morgan fingerprint density at radius 3 is 2.25 bits per heavy atom. The van der Waals surface area contributed by atoms with E-state index in [-0.39, 0.29) is 35.4 Å². The second-order valence-electron chi connectivity index (χ2n) is 6.89. The zero-order chi connectivity index (χ0) is 20.3. The highest BCUT2D eigenvalue weighted by atomic mass is 32.2. The van der Waals surface area contributed by atoms with Gasteiger partial charge in [-0.2, -0.15) is 4.31 Å². The maximum atomic E-state index is 12.9. The van der Waals surface area contributed by atoms with Crippen molar-refractivity contribution in [2.75, 3.05) is 18.4 Å². The molecule has 0 unspecified atom stereocenters. The van der Waals surface area contributed by atoms with Gasteiger partial charge in [0.1, 0.15) is 0 Å². The number of benzene rings is 2. The lowest BCUT2D eigenvalue weighted by Crippen LogP contribution is -2.41. The van der Waals surface area contributed by atoms with Crippen LogP contribution in [0.15, 0.2) is 53.4 Å². The fraction of sp³-hybridized carbons (Fsp3) is 0.300. The van der Waals surface area contributed by atoms with Crippen LogP contribution in [-0.2, 0) is 14.8 Å². The summed E-state index contributed by atoms with van der Waals surface area (Å²) in [5, 5.41) is 2.88. The van der Waals surface area contributed by atoms with Crippen molar-refractivity contribution in [3.63, 3.8) is 0 Å². The van der Waals surface area contributed by atoms with Gasteiger partial charge in [0.25, 0.3) is 0 Å². The molecule has 0 atom stereocenters. The van der Waals surface area contributed by atoms with Crippen LogP contribution in [0.4, 0.5) is 5.69 Å². The number of sulfonamides is 1. The summed E-state index contributed by atoms with van der Waals surface area (Å²) in [6, 6.07) is 13.4. The van der Waals surface area contributed by atoms with Crippen LogP contribution in [0.3, 0.4) is 0 Å². The van der Waals surface area contributed by atoms with E-state index in [1.165, 1.54) is 16.4 Å². The number of nitrogens with zero attached hydrogens (tertiary/aromatic N) is 1. The third kappa shape index (κ3) is 4.23. The van der Waals surface area contributed by atoms with Crippen LogP contribution in [0.5, 0.6) is 0 Å². The number of carbonyl (C=O) groups excluding carboxylic acids is 2. The van der Waals surface area contributed by atoms with Gasteiger partial charge < -0.3 is 11.1 Å². The fourth-order valence-electron chi connectivity index (χ4n) is 3.27. The molecule has 28 heavy (non-hydrogen) atoms. The molecule has 0 bridgehead atoms. The van der Waals surface area contributed by atoms with Gasteiger partial charge in [0.05, 0.1) is 10.5 Å². The number of nitrogens with one attached hydrogen (secondary N) is 1. The van der Waals surface area contributed by atoms with Gasteiger partial charge in [-0.25, -0.2) is 8.42 Å². The summed E-state index contributed by atoms with van der Waals surface area (Å²) in [6.07, 6.45) is 0.825. The average Bonchev–Trinajstić information content (AvgIpc) is 2.69. The monoisotopic (exact) mass is 401 g/mol. The van der Waals surface area contributed by atoms with E-state index in [9.17, 15) is 18.0 Å². The molecule has 1 aliphatic rings. The summed E-state index contributed by atoms with van der Waals surface area (Å²) in [4.78, 5) is 24.0. The average molecular weight is 401 g/mol. The number of piperidine rings is 1. The number of hydrogen-bond acceptors (Lipinski definition) is 4. The number of anilines is 1. The lowest BCUT2D eigenvalue weighted by Gasteiger charge is -2.31. The molecule has 2 aromatic rings. The van der Waals surface area contributed by atoms with Crippen molar-refractivity contribution in [1.82, 2.24) is 4.31 Å². The first-order chi connectivity index (χ1) is 13.3. The van der Waals surface area contributed by atoms with Crippen molar-refractivity contribution < 1.29 is 18.0 Å². The minimum Gasteiger partial charge on any atom is -0.366 e. The van der Waals surface area contributed by atoms with Crippen LogP contribution < -0.4 is 11.1 Å². The van der Waals surface area contributed by atoms with Gasteiger partial charge >= 0.3 is 0 Å². The Morgan fingerprint density at radius 2 is 1.64 bits per heavy atom. The molecule has 3 N–H and O–H groups in total. The van der Waals surface area contributed by atoms with E-state index in [1.54, 1.807) is 12.1 Å². The molecule has 2 amide bonds. The Bertz CT molecular complexity index is 979. The molecule has 2 aromatic carbocycles. The quantitative estimate of drug-likeness (QED) is 0.800. The molecule has 0 radical (unpaired) electrons. The first kappa shape index (κ1) is 20.0. The van der Waals surface area contributed by atoms with Crippen molar-refractivity contribution in [1.29, 1.82) is 0 Å².